The Balaban J connectivity index is 2.19. The summed E-state index contributed by atoms with van der Waals surface area (Å²) < 4.78 is 5.93. The fourth-order valence-electron chi connectivity index (χ4n) is 2.61. The fraction of sp³-hybridized carbons (Fsp3) is 0.600. The van der Waals surface area contributed by atoms with Gasteiger partial charge >= 0.3 is 0 Å². The van der Waals surface area contributed by atoms with Gasteiger partial charge in [0.1, 0.15) is 5.60 Å². The molecule has 1 atom stereocenters. The normalized spacial score (nSPS) is 31.0. The Bertz CT molecular complexity index is 369. The summed E-state index contributed by atoms with van der Waals surface area (Å²) in [6.07, 6.45) is 10.5. The zero-order chi connectivity index (χ0) is 11.8. The van der Waals surface area contributed by atoms with Gasteiger partial charge in [0.15, 0.2) is 0 Å². The third kappa shape index (κ3) is 2.23. The molecule has 0 aromatic carbocycles. The van der Waals surface area contributed by atoms with Crippen LogP contribution < -0.4 is 0 Å². The summed E-state index contributed by atoms with van der Waals surface area (Å²) in [5.74, 6) is 1.57. The summed E-state index contributed by atoms with van der Waals surface area (Å²) in [5, 5.41) is 0. The van der Waals surface area contributed by atoms with Gasteiger partial charge in [0.2, 0.25) is 0 Å². The van der Waals surface area contributed by atoms with Crippen LogP contribution in [0, 0.1) is 5.92 Å². The highest BCUT2D eigenvalue weighted by molar-refractivity contribution is 5.35. The lowest BCUT2D eigenvalue weighted by Gasteiger charge is -2.37. The molecule has 2 aliphatic rings. The highest BCUT2D eigenvalue weighted by atomic mass is 16.5. The standard InChI is InChI=1S/C15H22O/c1-11-6-5-7-13(11)10-14-9-8-12(2)16-15(14,3)4/h6,8,10,14H,5,7,9H2,1-4H3/b13-10+. The van der Waals surface area contributed by atoms with Crippen molar-refractivity contribution in [2.45, 2.75) is 52.6 Å². The molecule has 0 amide bonds. The maximum atomic E-state index is 5.93. The van der Waals surface area contributed by atoms with Crippen LogP contribution in [0.25, 0.3) is 0 Å². The van der Waals surface area contributed by atoms with Crippen molar-refractivity contribution in [2.75, 3.05) is 0 Å². The Morgan fingerprint density at radius 1 is 1.31 bits per heavy atom. The number of hydrogen-bond acceptors (Lipinski definition) is 1. The van der Waals surface area contributed by atoms with Gasteiger partial charge in [0.05, 0.1) is 5.76 Å². The van der Waals surface area contributed by atoms with Crippen LogP contribution in [0.5, 0.6) is 0 Å². The predicted molar refractivity (Wildman–Crippen MR) is 68.1 cm³/mol. The van der Waals surface area contributed by atoms with Crippen LogP contribution in [0.3, 0.4) is 0 Å². The van der Waals surface area contributed by atoms with Gasteiger partial charge in [0, 0.05) is 5.92 Å². The average Bonchev–Trinajstić information content (AvgIpc) is 2.56. The minimum Gasteiger partial charge on any atom is -0.492 e. The van der Waals surface area contributed by atoms with Crippen LogP contribution in [0.15, 0.2) is 35.1 Å². The van der Waals surface area contributed by atoms with Crippen molar-refractivity contribution in [1.82, 2.24) is 0 Å². The van der Waals surface area contributed by atoms with Crippen LogP contribution in [0.2, 0.25) is 0 Å². The summed E-state index contributed by atoms with van der Waals surface area (Å²) in [5.41, 5.74) is 2.92. The Hall–Kier alpha value is -0.980. The average molecular weight is 218 g/mol. The Morgan fingerprint density at radius 2 is 2.06 bits per heavy atom. The van der Waals surface area contributed by atoms with E-state index in [9.17, 15) is 0 Å². The van der Waals surface area contributed by atoms with Gasteiger partial charge in [-0.2, -0.15) is 0 Å². The molecule has 2 rings (SSSR count). The van der Waals surface area contributed by atoms with Gasteiger partial charge in [-0.1, -0.05) is 17.7 Å². The second kappa shape index (κ2) is 4.12. The lowest BCUT2D eigenvalue weighted by molar-refractivity contribution is -0.0123. The zero-order valence-corrected chi connectivity index (χ0v) is 10.8. The van der Waals surface area contributed by atoms with Crippen molar-refractivity contribution in [3.05, 3.63) is 35.1 Å². The van der Waals surface area contributed by atoms with Crippen molar-refractivity contribution in [3.8, 4) is 0 Å². The van der Waals surface area contributed by atoms with E-state index in [0.717, 1.165) is 12.2 Å². The van der Waals surface area contributed by atoms with E-state index in [-0.39, 0.29) is 5.60 Å². The zero-order valence-electron chi connectivity index (χ0n) is 10.8. The Kier molecular flexibility index (Phi) is 2.96. The molecule has 1 unspecified atom stereocenters. The second-order valence-electron chi connectivity index (χ2n) is 5.48. The summed E-state index contributed by atoms with van der Waals surface area (Å²) >= 11 is 0. The molecule has 1 heteroatoms. The van der Waals surface area contributed by atoms with Crippen molar-refractivity contribution in [2.24, 2.45) is 5.92 Å². The third-order valence-electron chi connectivity index (χ3n) is 3.75. The van der Waals surface area contributed by atoms with E-state index in [2.05, 4.69) is 39.0 Å². The van der Waals surface area contributed by atoms with Crippen LogP contribution in [-0.2, 0) is 4.74 Å². The second-order valence-corrected chi connectivity index (χ2v) is 5.48. The quantitative estimate of drug-likeness (QED) is 0.635. The van der Waals surface area contributed by atoms with E-state index in [1.54, 1.807) is 0 Å². The van der Waals surface area contributed by atoms with Crippen LogP contribution in [0.1, 0.15) is 47.0 Å². The highest BCUT2D eigenvalue weighted by Crippen LogP contribution is 2.36. The first-order chi connectivity index (χ1) is 7.49. The summed E-state index contributed by atoms with van der Waals surface area (Å²) in [6, 6.07) is 0. The first-order valence-electron chi connectivity index (χ1n) is 6.22. The maximum absolute atomic E-state index is 5.93. The minimum atomic E-state index is -0.0608. The van der Waals surface area contributed by atoms with Gasteiger partial charge in [-0.05, 0) is 58.6 Å². The highest BCUT2D eigenvalue weighted by Gasteiger charge is 2.32. The molecule has 0 radical (unpaired) electrons. The monoisotopic (exact) mass is 218 g/mol. The van der Waals surface area contributed by atoms with E-state index in [1.807, 2.05) is 6.92 Å². The molecule has 0 fully saturated rings. The van der Waals surface area contributed by atoms with E-state index >= 15 is 0 Å². The summed E-state index contributed by atoms with van der Waals surface area (Å²) in [6.45, 7) is 8.65. The topological polar surface area (TPSA) is 9.23 Å². The summed E-state index contributed by atoms with van der Waals surface area (Å²) in [7, 11) is 0. The van der Waals surface area contributed by atoms with E-state index < -0.39 is 0 Å². The van der Waals surface area contributed by atoms with Crippen molar-refractivity contribution < 1.29 is 4.74 Å². The molecule has 0 saturated carbocycles. The molecule has 1 nitrogen and oxygen atoms in total. The molecule has 0 bridgehead atoms. The largest absolute Gasteiger partial charge is 0.492 e. The van der Waals surface area contributed by atoms with Gasteiger partial charge in [-0.15, -0.1) is 0 Å². The third-order valence-corrected chi connectivity index (χ3v) is 3.75. The molecule has 0 N–H and O–H groups in total. The molecule has 16 heavy (non-hydrogen) atoms. The van der Waals surface area contributed by atoms with Gasteiger partial charge < -0.3 is 4.74 Å². The maximum Gasteiger partial charge on any atom is 0.109 e. The van der Waals surface area contributed by atoms with Gasteiger partial charge in [0.25, 0.3) is 0 Å². The molecular weight excluding hydrogens is 196 g/mol. The smallest absolute Gasteiger partial charge is 0.109 e. The molecular formula is C15H22O. The molecule has 1 aliphatic heterocycles. The fourth-order valence-corrected chi connectivity index (χ4v) is 2.61. The Labute approximate surface area is 98.9 Å². The van der Waals surface area contributed by atoms with Gasteiger partial charge in [-0.25, -0.2) is 0 Å². The first-order valence-corrected chi connectivity index (χ1v) is 6.22. The van der Waals surface area contributed by atoms with E-state index in [4.69, 9.17) is 4.74 Å². The van der Waals surface area contributed by atoms with Crippen LogP contribution in [-0.4, -0.2) is 5.60 Å². The molecule has 1 heterocycles. The van der Waals surface area contributed by atoms with Crippen molar-refractivity contribution in [1.29, 1.82) is 0 Å². The molecule has 88 valence electrons. The number of ether oxygens (including phenoxy) is 1. The van der Waals surface area contributed by atoms with Gasteiger partial charge in [-0.3, -0.25) is 0 Å². The first kappa shape index (κ1) is 11.5. The molecule has 0 saturated heterocycles. The van der Waals surface area contributed by atoms with Crippen LogP contribution >= 0.6 is 0 Å². The van der Waals surface area contributed by atoms with Crippen LogP contribution in [0.4, 0.5) is 0 Å². The molecule has 0 aromatic heterocycles. The SMILES string of the molecule is CC1=CCC(/C=C2\CCC=C2C)C(C)(C)O1. The summed E-state index contributed by atoms with van der Waals surface area (Å²) in [4.78, 5) is 0. The number of rotatable bonds is 1. The lowest BCUT2D eigenvalue weighted by Crippen LogP contribution is -2.35. The van der Waals surface area contributed by atoms with Crippen molar-refractivity contribution in [3.63, 3.8) is 0 Å². The van der Waals surface area contributed by atoms with E-state index in [0.29, 0.717) is 5.92 Å². The minimum absolute atomic E-state index is 0.0608. The molecule has 0 aromatic rings. The Morgan fingerprint density at radius 3 is 2.62 bits per heavy atom. The molecule has 0 spiro atoms. The number of hydrogen-bond donors (Lipinski definition) is 0. The van der Waals surface area contributed by atoms with Crippen molar-refractivity contribution >= 4 is 0 Å². The molecule has 1 aliphatic carbocycles. The van der Waals surface area contributed by atoms with E-state index in [1.165, 1.54) is 24.0 Å². The predicted octanol–water partition coefficient (Wildman–Crippen LogP) is 4.37. The number of allylic oxidation sites excluding steroid dienone is 5. The lowest BCUT2D eigenvalue weighted by atomic mass is 9.83.